The zero-order valence-electron chi connectivity index (χ0n) is 21.5. The van der Waals surface area contributed by atoms with Gasteiger partial charge in [0.2, 0.25) is 0 Å². The van der Waals surface area contributed by atoms with Crippen LogP contribution in [-0.4, -0.2) is 39.0 Å². The molecule has 0 N–H and O–H groups in total. The third-order valence-corrected chi connectivity index (χ3v) is 6.55. The van der Waals surface area contributed by atoms with E-state index in [1.54, 1.807) is 4.57 Å². The number of hydrogen-bond donors (Lipinski definition) is 0. The van der Waals surface area contributed by atoms with Crippen molar-refractivity contribution in [3.8, 4) is 11.6 Å². The van der Waals surface area contributed by atoms with Crippen LogP contribution in [0.1, 0.15) is 11.3 Å². The van der Waals surface area contributed by atoms with Crippen LogP contribution in [0.25, 0.3) is 33.8 Å². The number of hydrogen-bond acceptors (Lipinski definition) is 7. The summed E-state index contributed by atoms with van der Waals surface area (Å²) in [7, 11) is 0. The summed E-state index contributed by atoms with van der Waals surface area (Å²) in [6.45, 7) is 3.94. The molecule has 0 aliphatic heterocycles. The fourth-order valence-corrected chi connectivity index (χ4v) is 4.64. The van der Waals surface area contributed by atoms with Crippen LogP contribution in [0.2, 0.25) is 0 Å². The van der Waals surface area contributed by atoms with Crippen LogP contribution in [0.5, 0.6) is 0 Å². The maximum Gasteiger partial charge on any atom is 2.00 e. The summed E-state index contributed by atoms with van der Waals surface area (Å²) in [4.78, 5) is 29.6. The molecule has 0 spiro atoms. The van der Waals surface area contributed by atoms with Gasteiger partial charge < -0.3 is 19.1 Å². The number of imidazole rings is 2. The van der Waals surface area contributed by atoms with E-state index < -0.39 is 0 Å². The molecule has 5 aromatic heterocycles. The minimum Gasteiger partial charge on any atom is -0.411 e. The van der Waals surface area contributed by atoms with E-state index in [9.17, 15) is 0 Å². The van der Waals surface area contributed by atoms with Gasteiger partial charge in [0.15, 0.2) is 0 Å². The molecule has 0 radical (unpaired) electrons. The number of benzene rings is 2. The van der Waals surface area contributed by atoms with Crippen molar-refractivity contribution >= 4 is 39.5 Å². The summed E-state index contributed by atoms with van der Waals surface area (Å²) in [6, 6.07) is 27.8. The van der Waals surface area contributed by atoms with E-state index in [1.165, 1.54) is 6.33 Å². The first-order valence-corrected chi connectivity index (χ1v) is 12.4. The van der Waals surface area contributed by atoms with Crippen LogP contribution in [0.15, 0.2) is 91.3 Å². The molecule has 5 heterocycles. The Morgan fingerprint density at radius 3 is 2.05 bits per heavy atom. The van der Waals surface area contributed by atoms with Crippen molar-refractivity contribution in [2.24, 2.45) is 0 Å². The Hall–Kier alpha value is -4.78. The van der Waals surface area contributed by atoms with Crippen molar-refractivity contribution in [2.45, 2.75) is 13.8 Å². The molecule has 0 saturated heterocycles. The molecule has 0 saturated carbocycles. The first-order chi connectivity index (χ1) is 19.2. The molecule has 0 atom stereocenters. The van der Waals surface area contributed by atoms with Crippen molar-refractivity contribution < 1.29 is 20.4 Å². The minimum absolute atomic E-state index is 0. The molecule has 0 aliphatic carbocycles. The summed E-state index contributed by atoms with van der Waals surface area (Å²) in [5.74, 6) is 2.72. The molecule has 9 nitrogen and oxygen atoms in total. The summed E-state index contributed by atoms with van der Waals surface area (Å²) in [5.41, 5.74) is 5.99. The SMILES string of the molecule is Cc1cccc2c1n[c-]n2-c1cccc(N(c2ccccc2)c2cccc(-n3[c-]nc4c(C)ncnc43)n2)n1.[Pd+2]. The number of fused-ring (bicyclic) bond motifs is 2. The van der Waals surface area contributed by atoms with Gasteiger partial charge in [-0.1, -0.05) is 71.7 Å². The quantitative estimate of drug-likeness (QED) is 0.184. The molecule has 2 aromatic carbocycles. The molecule has 7 aromatic rings. The van der Waals surface area contributed by atoms with E-state index >= 15 is 0 Å². The standard InChI is InChI=1S/C30H21N9.Pd/c1-20-9-6-12-23-28(20)33-18-37(23)24-13-7-15-26(35-24)39(22-10-4-3-5-11-22)27-16-8-14-25(36-27)38-19-34-29-21(2)31-17-32-30(29)38;/h3-17H,1-2H3;/q-2;+2. The van der Waals surface area contributed by atoms with Crippen molar-refractivity contribution in [1.29, 1.82) is 0 Å². The first kappa shape index (κ1) is 25.5. The van der Waals surface area contributed by atoms with Gasteiger partial charge in [-0.05, 0) is 43.6 Å². The largest absolute Gasteiger partial charge is 2.00 e. The average molecular weight is 614 g/mol. The van der Waals surface area contributed by atoms with Crippen molar-refractivity contribution in [2.75, 3.05) is 4.90 Å². The summed E-state index contributed by atoms with van der Waals surface area (Å²) < 4.78 is 3.63. The summed E-state index contributed by atoms with van der Waals surface area (Å²) in [5, 5.41) is 0. The first-order valence-electron chi connectivity index (χ1n) is 12.4. The molecule has 10 heteroatoms. The monoisotopic (exact) mass is 613 g/mol. The van der Waals surface area contributed by atoms with E-state index in [2.05, 4.69) is 32.6 Å². The fourth-order valence-electron chi connectivity index (χ4n) is 4.64. The molecular formula is C30H21N9Pd. The maximum absolute atomic E-state index is 5.03. The van der Waals surface area contributed by atoms with E-state index in [0.717, 1.165) is 28.0 Å². The normalized spacial score (nSPS) is 11.1. The van der Waals surface area contributed by atoms with Crippen LogP contribution in [0, 0.1) is 26.5 Å². The molecular weight excluding hydrogens is 593 g/mol. The Morgan fingerprint density at radius 1 is 0.650 bits per heavy atom. The van der Waals surface area contributed by atoms with Crippen LogP contribution in [-0.2, 0) is 20.4 Å². The smallest absolute Gasteiger partial charge is 0.411 e. The average Bonchev–Trinajstić information content (AvgIpc) is 3.61. The third-order valence-electron chi connectivity index (χ3n) is 6.55. The van der Waals surface area contributed by atoms with Crippen LogP contribution < -0.4 is 4.90 Å². The Kier molecular flexibility index (Phi) is 6.64. The molecule has 7 rings (SSSR count). The molecule has 0 unspecified atom stereocenters. The van der Waals surface area contributed by atoms with Crippen LogP contribution >= 0.6 is 0 Å². The second-order valence-electron chi connectivity index (χ2n) is 9.05. The van der Waals surface area contributed by atoms with Gasteiger partial charge in [-0.3, -0.25) is 24.8 Å². The van der Waals surface area contributed by atoms with Gasteiger partial charge in [0, 0.05) is 35.2 Å². The van der Waals surface area contributed by atoms with Crippen molar-refractivity contribution in [3.05, 3.63) is 115 Å². The van der Waals surface area contributed by atoms with Gasteiger partial charge in [0.1, 0.15) is 18.0 Å². The van der Waals surface area contributed by atoms with Crippen molar-refractivity contribution in [3.63, 3.8) is 0 Å². The van der Waals surface area contributed by atoms with Gasteiger partial charge >= 0.3 is 20.4 Å². The molecule has 0 fully saturated rings. The molecule has 0 bridgehead atoms. The van der Waals surface area contributed by atoms with Crippen molar-refractivity contribution in [1.82, 2.24) is 39.0 Å². The third kappa shape index (κ3) is 4.33. The second kappa shape index (κ2) is 10.4. The van der Waals surface area contributed by atoms with Gasteiger partial charge in [0.25, 0.3) is 0 Å². The number of aryl methyl sites for hydroxylation is 2. The van der Waals surface area contributed by atoms with E-state index in [1.807, 2.05) is 108 Å². The van der Waals surface area contributed by atoms with Gasteiger partial charge in [-0.15, -0.1) is 0 Å². The topological polar surface area (TPSA) is 90.4 Å². The van der Waals surface area contributed by atoms with Crippen LogP contribution in [0.4, 0.5) is 17.3 Å². The number of nitrogens with zero attached hydrogens (tertiary/aromatic N) is 9. The zero-order chi connectivity index (χ0) is 26.3. The Balaban J connectivity index is 0.00000289. The number of anilines is 3. The number of rotatable bonds is 5. The Labute approximate surface area is 243 Å². The number of para-hydroxylation sites is 2. The Bertz CT molecular complexity index is 1840. The van der Waals surface area contributed by atoms with Gasteiger partial charge in [-0.2, -0.15) is 0 Å². The fraction of sp³-hybridized carbons (Fsp3) is 0.0667. The van der Waals surface area contributed by atoms with Crippen LogP contribution in [0.3, 0.4) is 0 Å². The van der Waals surface area contributed by atoms with E-state index in [0.29, 0.717) is 34.4 Å². The van der Waals surface area contributed by atoms with Gasteiger partial charge in [-0.25, -0.2) is 0 Å². The van der Waals surface area contributed by atoms with Gasteiger partial charge in [0.05, 0.1) is 11.6 Å². The zero-order valence-corrected chi connectivity index (χ0v) is 23.1. The molecule has 0 amide bonds. The summed E-state index contributed by atoms with van der Waals surface area (Å²) >= 11 is 0. The molecule has 40 heavy (non-hydrogen) atoms. The van der Waals surface area contributed by atoms with E-state index in [-0.39, 0.29) is 20.4 Å². The molecule has 196 valence electrons. The summed E-state index contributed by atoms with van der Waals surface area (Å²) in [6.07, 6.45) is 7.65. The molecule has 0 aliphatic rings. The predicted octanol–water partition coefficient (Wildman–Crippen LogP) is 5.63. The minimum atomic E-state index is 0. The second-order valence-corrected chi connectivity index (χ2v) is 9.05. The number of pyridine rings is 2. The Morgan fingerprint density at radius 2 is 1.30 bits per heavy atom. The maximum atomic E-state index is 5.03. The predicted molar refractivity (Wildman–Crippen MR) is 149 cm³/mol. The van der Waals surface area contributed by atoms with E-state index in [4.69, 9.17) is 9.97 Å². The number of aromatic nitrogens is 8.